The predicted molar refractivity (Wildman–Crippen MR) is 83.1 cm³/mol. The Morgan fingerprint density at radius 1 is 1.00 bits per heavy atom. The van der Waals surface area contributed by atoms with Crippen LogP contribution in [0.5, 0.6) is 0 Å². The van der Waals surface area contributed by atoms with E-state index in [0.29, 0.717) is 6.04 Å². The van der Waals surface area contributed by atoms with Crippen molar-refractivity contribution in [3.63, 3.8) is 0 Å². The van der Waals surface area contributed by atoms with E-state index >= 15 is 0 Å². The van der Waals surface area contributed by atoms with Crippen LogP contribution in [0.4, 0.5) is 0 Å². The standard InChI is InChI=1S/C17H35NO/c1-4-10-16(18-17(19)11-5-2)15-13-9-7-6-8-12-14(15)3/h14-19H,4-13H2,1-3H3. The van der Waals surface area contributed by atoms with Crippen LogP contribution in [-0.4, -0.2) is 17.4 Å². The first kappa shape index (κ1) is 17.0. The molecule has 0 amide bonds. The molecule has 19 heavy (non-hydrogen) atoms. The number of aliphatic hydroxyl groups is 1. The van der Waals surface area contributed by atoms with Gasteiger partial charge in [-0.05, 0) is 31.1 Å². The number of rotatable bonds is 7. The molecule has 0 aromatic heterocycles. The minimum Gasteiger partial charge on any atom is -0.379 e. The van der Waals surface area contributed by atoms with Crippen LogP contribution in [0.1, 0.15) is 85.0 Å². The van der Waals surface area contributed by atoms with Gasteiger partial charge in [-0.25, -0.2) is 0 Å². The van der Waals surface area contributed by atoms with Crippen molar-refractivity contribution in [1.29, 1.82) is 0 Å². The molecule has 1 aliphatic rings. The molecule has 0 spiro atoms. The van der Waals surface area contributed by atoms with Crippen LogP contribution in [0.3, 0.4) is 0 Å². The number of hydrogen-bond acceptors (Lipinski definition) is 2. The first-order valence-electron chi connectivity index (χ1n) is 8.63. The summed E-state index contributed by atoms with van der Waals surface area (Å²) in [6, 6.07) is 0.514. The summed E-state index contributed by atoms with van der Waals surface area (Å²) < 4.78 is 0. The maximum absolute atomic E-state index is 10.1. The van der Waals surface area contributed by atoms with Crippen LogP contribution in [0.2, 0.25) is 0 Å². The van der Waals surface area contributed by atoms with Gasteiger partial charge < -0.3 is 5.11 Å². The van der Waals surface area contributed by atoms with E-state index in [9.17, 15) is 5.11 Å². The highest BCUT2D eigenvalue weighted by molar-refractivity contribution is 4.82. The molecule has 114 valence electrons. The molecule has 0 aromatic carbocycles. The van der Waals surface area contributed by atoms with Gasteiger partial charge in [0.15, 0.2) is 0 Å². The average molecular weight is 269 g/mol. The summed E-state index contributed by atoms with van der Waals surface area (Å²) in [5.74, 6) is 1.56. The number of hydrogen-bond donors (Lipinski definition) is 2. The van der Waals surface area contributed by atoms with Crippen LogP contribution in [-0.2, 0) is 0 Å². The van der Waals surface area contributed by atoms with Gasteiger partial charge in [-0.15, -0.1) is 0 Å². The smallest absolute Gasteiger partial charge is 0.105 e. The van der Waals surface area contributed by atoms with Gasteiger partial charge in [0.2, 0.25) is 0 Å². The molecule has 1 fully saturated rings. The maximum Gasteiger partial charge on any atom is 0.105 e. The van der Waals surface area contributed by atoms with E-state index in [4.69, 9.17) is 0 Å². The highest BCUT2D eigenvalue weighted by atomic mass is 16.3. The lowest BCUT2D eigenvalue weighted by Crippen LogP contribution is -2.45. The molecule has 2 N–H and O–H groups in total. The molecule has 0 aliphatic heterocycles. The predicted octanol–water partition coefficient (Wildman–Crippen LogP) is 4.47. The third-order valence-electron chi connectivity index (χ3n) is 4.76. The van der Waals surface area contributed by atoms with Crippen molar-refractivity contribution in [2.45, 2.75) is 97.2 Å². The number of aliphatic hydroxyl groups excluding tert-OH is 1. The van der Waals surface area contributed by atoms with E-state index in [0.717, 1.165) is 24.7 Å². The second kappa shape index (κ2) is 9.77. The quantitative estimate of drug-likeness (QED) is 0.668. The summed E-state index contributed by atoms with van der Waals surface area (Å²) in [5.41, 5.74) is 0. The van der Waals surface area contributed by atoms with Crippen LogP contribution in [0.25, 0.3) is 0 Å². The minimum atomic E-state index is -0.306. The molecule has 0 aromatic rings. The monoisotopic (exact) mass is 269 g/mol. The SMILES string of the molecule is CCCC(O)NC(CCC)C1CCCCCCC1C. The lowest BCUT2D eigenvalue weighted by Gasteiger charge is -2.35. The van der Waals surface area contributed by atoms with E-state index < -0.39 is 0 Å². The van der Waals surface area contributed by atoms with Crippen LogP contribution in [0.15, 0.2) is 0 Å². The Morgan fingerprint density at radius 2 is 1.63 bits per heavy atom. The topological polar surface area (TPSA) is 32.3 Å². The average Bonchev–Trinajstić information content (AvgIpc) is 2.34. The third-order valence-corrected chi connectivity index (χ3v) is 4.76. The lowest BCUT2D eigenvalue weighted by atomic mass is 9.77. The Balaban J connectivity index is 2.59. The van der Waals surface area contributed by atoms with Crippen molar-refractivity contribution >= 4 is 0 Å². The van der Waals surface area contributed by atoms with Gasteiger partial charge in [0, 0.05) is 6.04 Å². The Hall–Kier alpha value is -0.0800. The van der Waals surface area contributed by atoms with Gasteiger partial charge in [0.05, 0.1) is 0 Å². The first-order chi connectivity index (χ1) is 9.19. The van der Waals surface area contributed by atoms with Gasteiger partial charge in [-0.1, -0.05) is 65.7 Å². The van der Waals surface area contributed by atoms with E-state index in [1.807, 2.05) is 0 Å². The molecule has 0 saturated heterocycles. The normalized spacial score (nSPS) is 28.4. The Morgan fingerprint density at radius 3 is 2.26 bits per heavy atom. The van der Waals surface area contributed by atoms with Crippen molar-refractivity contribution in [1.82, 2.24) is 5.32 Å². The van der Waals surface area contributed by atoms with Crippen molar-refractivity contribution in [3.8, 4) is 0 Å². The lowest BCUT2D eigenvalue weighted by molar-refractivity contribution is 0.0815. The second-order valence-corrected chi connectivity index (χ2v) is 6.50. The molecule has 4 unspecified atom stereocenters. The van der Waals surface area contributed by atoms with E-state index in [2.05, 4.69) is 26.1 Å². The second-order valence-electron chi connectivity index (χ2n) is 6.50. The summed E-state index contributed by atoms with van der Waals surface area (Å²) in [6.45, 7) is 6.82. The molecule has 2 heteroatoms. The highest BCUT2D eigenvalue weighted by Crippen LogP contribution is 2.31. The fourth-order valence-corrected chi connectivity index (χ4v) is 3.63. The Kier molecular flexibility index (Phi) is 8.72. The van der Waals surface area contributed by atoms with Gasteiger partial charge in [-0.2, -0.15) is 0 Å². The van der Waals surface area contributed by atoms with Crippen molar-refractivity contribution in [2.24, 2.45) is 11.8 Å². The summed E-state index contributed by atoms with van der Waals surface area (Å²) in [4.78, 5) is 0. The van der Waals surface area contributed by atoms with E-state index in [1.54, 1.807) is 0 Å². The largest absolute Gasteiger partial charge is 0.379 e. The fraction of sp³-hybridized carbons (Fsp3) is 1.00. The Labute approximate surface area is 120 Å². The highest BCUT2D eigenvalue weighted by Gasteiger charge is 2.27. The zero-order chi connectivity index (χ0) is 14.1. The first-order valence-corrected chi connectivity index (χ1v) is 8.63. The summed E-state index contributed by atoms with van der Waals surface area (Å²) in [6.07, 6.45) is 12.3. The van der Waals surface area contributed by atoms with Crippen molar-refractivity contribution < 1.29 is 5.11 Å². The van der Waals surface area contributed by atoms with Crippen LogP contribution >= 0.6 is 0 Å². The Bertz CT molecular complexity index is 219. The fourth-order valence-electron chi connectivity index (χ4n) is 3.63. The zero-order valence-electron chi connectivity index (χ0n) is 13.3. The molecule has 1 rings (SSSR count). The molecule has 4 atom stereocenters. The molecular weight excluding hydrogens is 234 g/mol. The molecule has 2 nitrogen and oxygen atoms in total. The molecule has 1 aliphatic carbocycles. The van der Waals surface area contributed by atoms with Gasteiger partial charge in [-0.3, -0.25) is 5.32 Å². The molecule has 1 saturated carbocycles. The summed E-state index contributed by atoms with van der Waals surface area (Å²) >= 11 is 0. The van der Waals surface area contributed by atoms with Crippen molar-refractivity contribution in [2.75, 3.05) is 0 Å². The summed E-state index contributed by atoms with van der Waals surface area (Å²) in [5, 5.41) is 13.6. The van der Waals surface area contributed by atoms with Gasteiger partial charge in [0.25, 0.3) is 0 Å². The van der Waals surface area contributed by atoms with Crippen molar-refractivity contribution in [3.05, 3.63) is 0 Å². The third kappa shape index (κ3) is 6.27. The molecule has 0 heterocycles. The van der Waals surface area contributed by atoms with Crippen LogP contribution in [0, 0.1) is 11.8 Å². The molecule has 0 radical (unpaired) electrons. The van der Waals surface area contributed by atoms with Gasteiger partial charge in [0.1, 0.15) is 6.23 Å². The maximum atomic E-state index is 10.1. The molecular formula is C17H35NO. The summed E-state index contributed by atoms with van der Waals surface area (Å²) in [7, 11) is 0. The number of nitrogens with one attached hydrogen (secondary N) is 1. The molecule has 0 bridgehead atoms. The van der Waals surface area contributed by atoms with Crippen LogP contribution < -0.4 is 5.32 Å². The minimum absolute atomic E-state index is 0.306. The van der Waals surface area contributed by atoms with Gasteiger partial charge >= 0.3 is 0 Å². The van der Waals surface area contributed by atoms with E-state index in [1.165, 1.54) is 51.4 Å². The van der Waals surface area contributed by atoms with E-state index in [-0.39, 0.29) is 6.23 Å². The zero-order valence-corrected chi connectivity index (χ0v) is 13.3.